The maximum absolute atomic E-state index is 11.7. The molecule has 5 nitrogen and oxygen atoms in total. The van der Waals surface area contributed by atoms with Crippen LogP contribution in [0.15, 0.2) is 11.5 Å². The molecule has 1 aromatic heterocycles. The zero-order chi connectivity index (χ0) is 13.7. The summed E-state index contributed by atoms with van der Waals surface area (Å²) >= 11 is 1.54. The molecule has 102 valence electrons. The van der Waals surface area contributed by atoms with Crippen LogP contribution in [-0.2, 0) is 9.59 Å². The van der Waals surface area contributed by atoms with Crippen molar-refractivity contribution in [3.8, 4) is 0 Å². The van der Waals surface area contributed by atoms with Gasteiger partial charge in [-0.2, -0.15) is 0 Å². The summed E-state index contributed by atoms with van der Waals surface area (Å²) in [6, 6.07) is -0.420. The molecule has 0 bridgehead atoms. The molecule has 1 fully saturated rings. The molecule has 2 amide bonds. The van der Waals surface area contributed by atoms with E-state index >= 15 is 0 Å². The molecule has 2 rings (SSSR count). The highest BCUT2D eigenvalue weighted by molar-refractivity contribution is 7.09. The molecule has 0 unspecified atom stereocenters. The Balaban J connectivity index is 1.89. The lowest BCUT2D eigenvalue weighted by Gasteiger charge is -2.13. The number of carbonyl (C=O) groups is 2. The van der Waals surface area contributed by atoms with Crippen LogP contribution < -0.4 is 10.6 Å². The number of nitrogens with zero attached hydrogens (tertiary/aromatic N) is 1. The summed E-state index contributed by atoms with van der Waals surface area (Å²) < 4.78 is 0. The van der Waals surface area contributed by atoms with E-state index in [1.807, 2.05) is 12.3 Å². The van der Waals surface area contributed by atoms with Crippen molar-refractivity contribution in [2.45, 2.75) is 32.2 Å². The van der Waals surface area contributed by atoms with Crippen LogP contribution in [0.25, 0.3) is 6.08 Å². The number of carbonyl (C=O) groups excluding carboxylic acids is 2. The fourth-order valence-corrected chi connectivity index (χ4v) is 2.50. The summed E-state index contributed by atoms with van der Waals surface area (Å²) in [5, 5.41) is 8.36. The quantitative estimate of drug-likeness (QED) is 0.818. The highest BCUT2D eigenvalue weighted by Gasteiger charge is 2.21. The highest BCUT2D eigenvalue weighted by Crippen LogP contribution is 2.09. The minimum absolute atomic E-state index is 0.0937. The van der Waals surface area contributed by atoms with Gasteiger partial charge in [-0.25, -0.2) is 4.98 Å². The van der Waals surface area contributed by atoms with E-state index in [1.54, 1.807) is 6.08 Å². The number of nitrogens with one attached hydrogen (secondary N) is 2. The van der Waals surface area contributed by atoms with Gasteiger partial charge in [-0.05, 0) is 32.3 Å². The summed E-state index contributed by atoms with van der Waals surface area (Å²) in [6.45, 7) is 2.61. The van der Waals surface area contributed by atoms with Crippen LogP contribution in [0, 0.1) is 6.92 Å². The molecule has 2 N–H and O–H groups in total. The van der Waals surface area contributed by atoms with Gasteiger partial charge in [-0.3, -0.25) is 9.59 Å². The second-order valence-electron chi connectivity index (χ2n) is 4.47. The predicted octanol–water partition coefficient (Wildman–Crippen LogP) is 1.25. The van der Waals surface area contributed by atoms with Gasteiger partial charge in [0, 0.05) is 18.0 Å². The minimum atomic E-state index is -0.420. The van der Waals surface area contributed by atoms with Crippen molar-refractivity contribution < 1.29 is 9.59 Å². The average Bonchev–Trinajstić information content (AvgIpc) is 2.69. The first kappa shape index (κ1) is 13.7. The molecule has 0 saturated carbocycles. The van der Waals surface area contributed by atoms with Gasteiger partial charge < -0.3 is 10.6 Å². The molecule has 1 atom stereocenters. The van der Waals surface area contributed by atoms with Crippen LogP contribution in [0.4, 0.5) is 0 Å². The molecule has 19 heavy (non-hydrogen) atoms. The SMILES string of the molecule is Cc1nc(/C=C\C(=O)N[C@@H]2CCCCNC2=O)cs1. The predicted molar refractivity (Wildman–Crippen MR) is 74.7 cm³/mol. The highest BCUT2D eigenvalue weighted by atomic mass is 32.1. The molecule has 0 radical (unpaired) electrons. The van der Waals surface area contributed by atoms with E-state index < -0.39 is 6.04 Å². The molecule has 1 aliphatic heterocycles. The summed E-state index contributed by atoms with van der Waals surface area (Å²) in [6.07, 6.45) is 5.69. The van der Waals surface area contributed by atoms with E-state index in [9.17, 15) is 9.59 Å². The van der Waals surface area contributed by atoms with Crippen molar-refractivity contribution >= 4 is 29.2 Å². The molecule has 1 aromatic rings. The van der Waals surface area contributed by atoms with Crippen molar-refractivity contribution in [2.75, 3.05) is 6.54 Å². The second-order valence-corrected chi connectivity index (χ2v) is 5.53. The van der Waals surface area contributed by atoms with Gasteiger partial charge in [0.05, 0.1) is 10.7 Å². The smallest absolute Gasteiger partial charge is 0.244 e. The van der Waals surface area contributed by atoms with Crippen molar-refractivity contribution in [1.82, 2.24) is 15.6 Å². The Labute approximate surface area is 116 Å². The number of amides is 2. The van der Waals surface area contributed by atoms with Crippen LogP contribution in [0.3, 0.4) is 0 Å². The van der Waals surface area contributed by atoms with E-state index in [1.165, 1.54) is 17.4 Å². The van der Waals surface area contributed by atoms with E-state index in [-0.39, 0.29) is 11.8 Å². The van der Waals surface area contributed by atoms with Crippen LogP contribution in [0.2, 0.25) is 0 Å². The maximum Gasteiger partial charge on any atom is 0.244 e. The van der Waals surface area contributed by atoms with E-state index in [4.69, 9.17) is 0 Å². The van der Waals surface area contributed by atoms with Gasteiger partial charge in [-0.15, -0.1) is 11.3 Å². The largest absolute Gasteiger partial charge is 0.354 e. The first-order valence-electron chi connectivity index (χ1n) is 6.33. The van der Waals surface area contributed by atoms with Crippen molar-refractivity contribution in [2.24, 2.45) is 0 Å². The Kier molecular flexibility index (Phi) is 4.68. The van der Waals surface area contributed by atoms with Crippen LogP contribution >= 0.6 is 11.3 Å². The number of aromatic nitrogens is 1. The van der Waals surface area contributed by atoms with Gasteiger partial charge in [-0.1, -0.05) is 0 Å². The number of aryl methyl sites for hydroxylation is 1. The second kappa shape index (κ2) is 6.47. The third-order valence-corrected chi connectivity index (χ3v) is 3.69. The molecule has 1 aliphatic rings. The lowest BCUT2D eigenvalue weighted by molar-refractivity contribution is -0.126. The molecule has 1 saturated heterocycles. The molecular formula is C13H17N3O2S. The number of rotatable bonds is 3. The van der Waals surface area contributed by atoms with Gasteiger partial charge in [0.15, 0.2) is 0 Å². The summed E-state index contributed by atoms with van der Waals surface area (Å²) in [4.78, 5) is 27.6. The third-order valence-electron chi connectivity index (χ3n) is 2.89. The van der Waals surface area contributed by atoms with E-state index in [0.717, 1.165) is 23.5 Å². The lowest BCUT2D eigenvalue weighted by atomic mass is 10.1. The zero-order valence-corrected chi connectivity index (χ0v) is 11.6. The zero-order valence-electron chi connectivity index (χ0n) is 10.8. The first-order valence-corrected chi connectivity index (χ1v) is 7.21. The van der Waals surface area contributed by atoms with Crippen LogP contribution in [0.5, 0.6) is 0 Å². The van der Waals surface area contributed by atoms with Gasteiger partial charge in [0.25, 0.3) is 0 Å². The first-order chi connectivity index (χ1) is 9.15. The average molecular weight is 279 g/mol. The number of thiazole rings is 1. The fourth-order valence-electron chi connectivity index (χ4n) is 1.91. The van der Waals surface area contributed by atoms with Gasteiger partial charge >= 0.3 is 0 Å². The number of hydrogen-bond donors (Lipinski definition) is 2. The molecular weight excluding hydrogens is 262 g/mol. The van der Waals surface area contributed by atoms with Gasteiger partial charge in [0.1, 0.15) is 6.04 Å². The fraction of sp³-hybridized carbons (Fsp3) is 0.462. The summed E-state index contributed by atoms with van der Waals surface area (Å²) in [7, 11) is 0. The molecule has 2 heterocycles. The van der Waals surface area contributed by atoms with Crippen LogP contribution in [0.1, 0.15) is 30.0 Å². The Bertz CT molecular complexity index is 496. The molecule has 6 heteroatoms. The third kappa shape index (κ3) is 4.17. The van der Waals surface area contributed by atoms with E-state index in [0.29, 0.717) is 13.0 Å². The van der Waals surface area contributed by atoms with E-state index in [2.05, 4.69) is 15.6 Å². The Morgan fingerprint density at radius 2 is 2.42 bits per heavy atom. The maximum atomic E-state index is 11.7. The van der Waals surface area contributed by atoms with Gasteiger partial charge in [0.2, 0.25) is 11.8 Å². The minimum Gasteiger partial charge on any atom is -0.354 e. The Hall–Kier alpha value is -1.69. The van der Waals surface area contributed by atoms with Crippen molar-refractivity contribution in [1.29, 1.82) is 0 Å². The van der Waals surface area contributed by atoms with Crippen molar-refractivity contribution in [3.05, 3.63) is 22.2 Å². The number of hydrogen-bond acceptors (Lipinski definition) is 4. The molecule has 0 spiro atoms. The topological polar surface area (TPSA) is 71.1 Å². The van der Waals surface area contributed by atoms with Crippen LogP contribution in [-0.4, -0.2) is 29.4 Å². The lowest BCUT2D eigenvalue weighted by Crippen LogP contribution is -2.44. The Morgan fingerprint density at radius 3 is 3.16 bits per heavy atom. The molecule has 0 aromatic carbocycles. The summed E-state index contributed by atoms with van der Waals surface area (Å²) in [5.74, 6) is -0.351. The standard InChI is InChI=1S/C13H17N3O2S/c1-9-15-10(8-19-9)5-6-12(17)16-11-4-2-3-7-14-13(11)18/h5-6,8,11H,2-4,7H2,1H3,(H,14,18)(H,16,17)/b6-5-/t11-/m1/s1. The summed E-state index contributed by atoms with van der Waals surface area (Å²) in [5.41, 5.74) is 0.767. The normalized spacial score (nSPS) is 20.1. The Morgan fingerprint density at radius 1 is 1.58 bits per heavy atom. The molecule has 0 aliphatic carbocycles. The monoisotopic (exact) mass is 279 g/mol. The van der Waals surface area contributed by atoms with Crippen molar-refractivity contribution in [3.63, 3.8) is 0 Å².